The van der Waals surface area contributed by atoms with Gasteiger partial charge in [-0.1, -0.05) is 116 Å². The number of nitro benzene ring substituents is 1. The Morgan fingerprint density at radius 3 is 2.26 bits per heavy atom. The molecule has 11 nitrogen and oxygen atoms in total. The van der Waals surface area contributed by atoms with E-state index in [1.54, 1.807) is 29.2 Å². The molecule has 0 bridgehead atoms. The highest BCUT2D eigenvalue weighted by atomic mass is 79.9. The minimum Gasteiger partial charge on any atom is -0.274 e. The lowest BCUT2D eigenvalue weighted by Crippen LogP contribution is -2.20. The zero-order chi connectivity index (χ0) is 35.1. The summed E-state index contributed by atoms with van der Waals surface area (Å²) in [5, 5.41) is 29.7. The summed E-state index contributed by atoms with van der Waals surface area (Å²) >= 11 is 4.78. The molecule has 0 saturated carbocycles. The first-order valence-electron chi connectivity index (χ1n) is 17.0. The third-order valence-corrected chi connectivity index (χ3v) is 9.59. The number of nitrogens with zero attached hydrogens (tertiary/aromatic N) is 7. The number of hydrogen-bond donors (Lipinski definition) is 1. The molecular weight excluding hydrogens is 716 g/mol. The molecule has 2 heterocycles. The maximum atomic E-state index is 12.9. The van der Waals surface area contributed by atoms with Gasteiger partial charge in [0, 0.05) is 46.0 Å². The van der Waals surface area contributed by atoms with Crippen molar-refractivity contribution in [3.8, 4) is 22.6 Å². The van der Waals surface area contributed by atoms with Crippen molar-refractivity contribution in [2.45, 2.75) is 76.3 Å². The second kappa shape index (κ2) is 19.0. The molecule has 0 aliphatic heterocycles. The van der Waals surface area contributed by atoms with E-state index in [-0.39, 0.29) is 17.3 Å². The predicted molar refractivity (Wildman–Crippen MR) is 202 cm³/mol. The highest BCUT2D eigenvalue weighted by Crippen LogP contribution is 2.26. The number of non-ortho nitro benzene ring substituents is 1. The van der Waals surface area contributed by atoms with E-state index >= 15 is 0 Å². The Bertz CT molecular complexity index is 1860. The molecule has 260 valence electrons. The fourth-order valence-electron chi connectivity index (χ4n) is 5.50. The lowest BCUT2D eigenvalue weighted by molar-refractivity contribution is -0.384. The topological polar surface area (TPSA) is 133 Å². The zero-order valence-corrected chi connectivity index (χ0v) is 30.5. The number of halogens is 1. The summed E-state index contributed by atoms with van der Waals surface area (Å²) in [7, 11) is 0. The second-order valence-corrected chi connectivity index (χ2v) is 13.7. The lowest BCUT2D eigenvalue weighted by atomic mass is 10.1. The number of carbonyl (C=O) groups excluding carboxylic acids is 1. The average molecular weight is 758 g/mol. The predicted octanol–water partition coefficient (Wildman–Crippen LogP) is 9.11. The highest BCUT2D eigenvalue weighted by Gasteiger charge is 2.16. The normalized spacial score (nSPS) is 11.3. The molecule has 1 amide bonds. The van der Waals surface area contributed by atoms with E-state index in [1.807, 2.05) is 59.2 Å². The number of hydrogen-bond acceptors (Lipinski definition) is 8. The summed E-state index contributed by atoms with van der Waals surface area (Å²) in [4.78, 5) is 23.6. The van der Waals surface area contributed by atoms with E-state index in [9.17, 15) is 14.9 Å². The van der Waals surface area contributed by atoms with Crippen LogP contribution in [0.25, 0.3) is 22.6 Å². The number of aryl methyl sites for hydroxylation is 1. The average Bonchev–Trinajstić information content (AvgIpc) is 3.75. The van der Waals surface area contributed by atoms with Crippen molar-refractivity contribution < 1.29 is 9.72 Å². The standard InChI is InChI=1S/C37H41BrN8O3S/c1-2-3-4-5-6-7-8-9-13-16-34-40-42-37(45(34)32-14-11-10-12-15-32)50-27-35(47)41-39-25-29-26-44(31-21-23-33(24-22-31)46(48)49)43-36(29)28-17-19-30(38)20-18-28/h10-12,14-15,17-26H,2-9,13,16,27H2,1H3,(H,41,47)/b39-25+. The maximum absolute atomic E-state index is 12.9. The van der Waals surface area contributed by atoms with Gasteiger partial charge in [0.05, 0.1) is 22.6 Å². The molecule has 0 aliphatic carbocycles. The van der Waals surface area contributed by atoms with Crippen molar-refractivity contribution in [2.75, 3.05) is 5.75 Å². The Balaban J connectivity index is 1.22. The number of hydrazone groups is 1. The van der Waals surface area contributed by atoms with Crippen molar-refractivity contribution in [1.82, 2.24) is 30.0 Å². The van der Waals surface area contributed by atoms with Crippen LogP contribution in [0.2, 0.25) is 0 Å². The van der Waals surface area contributed by atoms with Crippen molar-refractivity contribution in [1.29, 1.82) is 0 Å². The van der Waals surface area contributed by atoms with Gasteiger partial charge < -0.3 is 0 Å². The van der Waals surface area contributed by atoms with Crippen molar-refractivity contribution >= 4 is 45.5 Å². The molecule has 0 spiro atoms. The molecule has 0 fully saturated rings. The number of carbonyl (C=O) groups is 1. The third-order valence-electron chi connectivity index (χ3n) is 8.13. The third kappa shape index (κ3) is 10.4. The van der Waals surface area contributed by atoms with Crippen LogP contribution in [0.4, 0.5) is 5.69 Å². The van der Waals surface area contributed by atoms with Crippen LogP contribution in [0.5, 0.6) is 0 Å². The highest BCUT2D eigenvalue weighted by molar-refractivity contribution is 9.10. The summed E-state index contributed by atoms with van der Waals surface area (Å²) in [6.07, 6.45) is 15.4. The number of unbranched alkanes of at least 4 members (excludes halogenated alkanes) is 8. The number of para-hydroxylation sites is 1. The van der Waals surface area contributed by atoms with E-state index in [1.165, 1.54) is 68.8 Å². The van der Waals surface area contributed by atoms with Crippen LogP contribution in [0.1, 0.15) is 76.1 Å². The summed E-state index contributed by atoms with van der Waals surface area (Å²) < 4.78 is 4.60. The number of benzene rings is 3. The van der Waals surface area contributed by atoms with Gasteiger partial charge in [0.1, 0.15) is 11.5 Å². The molecule has 5 aromatic rings. The van der Waals surface area contributed by atoms with Gasteiger partial charge in [0.25, 0.3) is 11.6 Å². The van der Waals surface area contributed by atoms with Crippen molar-refractivity contribution in [2.24, 2.45) is 5.10 Å². The van der Waals surface area contributed by atoms with Gasteiger partial charge in [-0.15, -0.1) is 10.2 Å². The van der Waals surface area contributed by atoms with Crippen LogP contribution in [-0.4, -0.2) is 47.3 Å². The molecule has 0 aliphatic rings. The van der Waals surface area contributed by atoms with E-state index in [0.29, 0.717) is 22.1 Å². The molecule has 1 N–H and O–H groups in total. The van der Waals surface area contributed by atoms with Crippen LogP contribution in [0.15, 0.2) is 99.8 Å². The largest absolute Gasteiger partial charge is 0.274 e. The lowest BCUT2D eigenvalue weighted by Gasteiger charge is -2.10. The van der Waals surface area contributed by atoms with Crippen molar-refractivity contribution in [3.05, 3.63) is 111 Å². The monoisotopic (exact) mass is 756 g/mol. The van der Waals surface area contributed by atoms with E-state index in [4.69, 9.17) is 5.10 Å². The smallest absolute Gasteiger partial charge is 0.269 e. The Labute approximate surface area is 304 Å². The Morgan fingerprint density at radius 1 is 0.900 bits per heavy atom. The molecule has 0 atom stereocenters. The first-order chi connectivity index (χ1) is 24.4. The molecule has 13 heteroatoms. The minimum atomic E-state index is -0.442. The SMILES string of the molecule is CCCCCCCCCCCc1nnc(SCC(=O)N/N=C/c2cn(-c3ccc([N+](=O)[O-])cc3)nc2-c2ccc(Br)cc2)n1-c1ccccc1. The molecular formula is C37H41BrN8O3S. The molecule has 5 rings (SSSR count). The van der Waals surface area contributed by atoms with Crippen LogP contribution < -0.4 is 5.43 Å². The summed E-state index contributed by atoms with van der Waals surface area (Å²) in [6, 6.07) is 23.8. The van der Waals surface area contributed by atoms with Crippen LogP contribution in [0.3, 0.4) is 0 Å². The molecule has 50 heavy (non-hydrogen) atoms. The quantitative estimate of drug-likeness (QED) is 0.0292. The molecule has 0 radical (unpaired) electrons. The second-order valence-electron chi connectivity index (χ2n) is 11.9. The van der Waals surface area contributed by atoms with Crippen LogP contribution in [0, 0.1) is 10.1 Å². The molecule has 2 aromatic heterocycles. The van der Waals surface area contributed by atoms with Gasteiger partial charge in [-0.3, -0.25) is 19.5 Å². The van der Waals surface area contributed by atoms with E-state index in [2.05, 4.69) is 43.6 Å². The Morgan fingerprint density at radius 2 is 1.58 bits per heavy atom. The number of amides is 1. The van der Waals surface area contributed by atoms with Crippen LogP contribution in [-0.2, 0) is 11.2 Å². The number of nitrogens with one attached hydrogen (secondary N) is 1. The summed E-state index contributed by atoms with van der Waals surface area (Å²) in [5.74, 6) is 0.704. The van der Waals surface area contributed by atoms with Gasteiger partial charge in [0.2, 0.25) is 0 Å². The summed E-state index contributed by atoms with van der Waals surface area (Å²) in [5.41, 5.74) is 6.37. The molecule has 0 unspecified atom stereocenters. The van der Waals surface area contributed by atoms with Gasteiger partial charge in [-0.2, -0.15) is 10.2 Å². The number of nitro groups is 1. The van der Waals surface area contributed by atoms with E-state index < -0.39 is 4.92 Å². The van der Waals surface area contributed by atoms with E-state index in [0.717, 1.165) is 40.8 Å². The first-order valence-corrected chi connectivity index (χ1v) is 18.8. The van der Waals surface area contributed by atoms with Crippen molar-refractivity contribution in [3.63, 3.8) is 0 Å². The minimum absolute atomic E-state index is 0.00606. The molecule has 0 saturated heterocycles. The number of thioether (sulfide) groups is 1. The Hall–Kier alpha value is -4.62. The number of rotatable bonds is 19. The number of aromatic nitrogens is 5. The van der Waals surface area contributed by atoms with Gasteiger partial charge in [-0.25, -0.2) is 10.1 Å². The molecule has 3 aromatic carbocycles. The fraction of sp³-hybridized carbons (Fsp3) is 0.324. The van der Waals surface area contributed by atoms with Gasteiger partial charge in [0.15, 0.2) is 5.16 Å². The van der Waals surface area contributed by atoms with Gasteiger partial charge >= 0.3 is 0 Å². The Kier molecular flexibility index (Phi) is 13.9. The van der Waals surface area contributed by atoms with Crippen LogP contribution >= 0.6 is 27.7 Å². The summed E-state index contributed by atoms with van der Waals surface area (Å²) in [6.45, 7) is 2.25. The fourth-order valence-corrected chi connectivity index (χ4v) is 6.52. The zero-order valence-electron chi connectivity index (χ0n) is 28.1. The first kappa shape index (κ1) is 36.7. The maximum Gasteiger partial charge on any atom is 0.269 e. The van der Waals surface area contributed by atoms with Gasteiger partial charge in [-0.05, 0) is 42.8 Å².